The second kappa shape index (κ2) is 8.00. The van der Waals surface area contributed by atoms with Crippen LogP contribution >= 0.6 is 0 Å². The van der Waals surface area contributed by atoms with Crippen LogP contribution in [-0.2, 0) is 4.74 Å². The zero-order valence-corrected chi connectivity index (χ0v) is 16.4. The van der Waals surface area contributed by atoms with E-state index in [0.717, 1.165) is 42.2 Å². The highest BCUT2D eigenvalue weighted by molar-refractivity contribution is 5.93. The first-order valence-electron chi connectivity index (χ1n) is 10.2. The SMILES string of the molecule is OCCOC1CCC(Nc2ncc3c(-c4cc(F)c5nccn5c4)c[nH]c3n2)CC1. The molecule has 0 radical (unpaired) electrons. The number of aromatic nitrogens is 5. The van der Waals surface area contributed by atoms with Gasteiger partial charge in [-0.2, -0.15) is 4.98 Å². The van der Waals surface area contributed by atoms with Crippen LogP contribution in [0.3, 0.4) is 0 Å². The molecule has 4 heterocycles. The summed E-state index contributed by atoms with van der Waals surface area (Å²) in [5.74, 6) is 0.205. The zero-order chi connectivity index (χ0) is 20.5. The molecule has 1 aliphatic carbocycles. The molecular weight excluding hydrogens is 387 g/mol. The molecule has 1 aliphatic rings. The standard InChI is InChI=1S/C21H23FN6O2/c22-18-9-13(12-28-6-5-23-20(18)28)16-10-24-19-17(16)11-25-21(27-19)26-14-1-3-15(4-2-14)30-8-7-29/h5-6,9-12,14-15,29H,1-4,7-8H2,(H2,24,25,26,27). The van der Waals surface area contributed by atoms with Crippen molar-refractivity contribution >= 4 is 22.6 Å². The largest absolute Gasteiger partial charge is 0.394 e. The third kappa shape index (κ3) is 3.61. The number of aromatic amines is 1. The molecule has 156 valence electrons. The van der Waals surface area contributed by atoms with E-state index in [4.69, 9.17) is 9.84 Å². The zero-order valence-electron chi connectivity index (χ0n) is 16.4. The second-order valence-corrected chi connectivity index (χ2v) is 7.61. The lowest BCUT2D eigenvalue weighted by Crippen LogP contribution is -2.30. The molecule has 1 fully saturated rings. The predicted molar refractivity (Wildman–Crippen MR) is 111 cm³/mol. The van der Waals surface area contributed by atoms with Crippen molar-refractivity contribution < 1.29 is 14.2 Å². The highest BCUT2D eigenvalue weighted by atomic mass is 19.1. The number of anilines is 1. The van der Waals surface area contributed by atoms with Gasteiger partial charge in [-0.05, 0) is 31.7 Å². The summed E-state index contributed by atoms with van der Waals surface area (Å²) in [6, 6.07) is 1.78. The van der Waals surface area contributed by atoms with E-state index in [-0.39, 0.29) is 18.5 Å². The lowest BCUT2D eigenvalue weighted by Gasteiger charge is -2.28. The normalized spacial score (nSPS) is 19.5. The highest BCUT2D eigenvalue weighted by Gasteiger charge is 2.22. The molecule has 0 aromatic carbocycles. The van der Waals surface area contributed by atoms with Crippen LogP contribution in [0.5, 0.6) is 0 Å². The molecule has 4 aromatic rings. The van der Waals surface area contributed by atoms with Gasteiger partial charge in [0.25, 0.3) is 0 Å². The van der Waals surface area contributed by atoms with E-state index in [1.165, 1.54) is 6.07 Å². The monoisotopic (exact) mass is 410 g/mol. The number of hydrogen-bond donors (Lipinski definition) is 3. The lowest BCUT2D eigenvalue weighted by atomic mass is 9.93. The second-order valence-electron chi connectivity index (χ2n) is 7.61. The van der Waals surface area contributed by atoms with Crippen LogP contribution in [-0.4, -0.2) is 54.8 Å². The Balaban J connectivity index is 1.33. The number of imidazole rings is 1. The summed E-state index contributed by atoms with van der Waals surface area (Å²) in [6.45, 7) is 0.461. The number of ether oxygens (including phenoxy) is 1. The summed E-state index contributed by atoms with van der Waals surface area (Å²) >= 11 is 0. The molecule has 5 rings (SSSR count). The van der Waals surface area contributed by atoms with E-state index in [9.17, 15) is 4.39 Å². The van der Waals surface area contributed by atoms with Crippen molar-refractivity contribution in [2.75, 3.05) is 18.5 Å². The summed E-state index contributed by atoms with van der Waals surface area (Å²) < 4.78 is 21.6. The smallest absolute Gasteiger partial charge is 0.224 e. The number of hydrogen-bond acceptors (Lipinski definition) is 6. The molecule has 8 nitrogen and oxygen atoms in total. The Morgan fingerprint density at radius 2 is 2.13 bits per heavy atom. The van der Waals surface area contributed by atoms with Crippen LogP contribution in [0.4, 0.5) is 10.3 Å². The Bertz CT molecular complexity index is 1160. The molecule has 0 atom stereocenters. The van der Waals surface area contributed by atoms with Crippen molar-refractivity contribution in [3.8, 4) is 11.1 Å². The van der Waals surface area contributed by atoms with Gasteiger partial charge in [-0.3, -0.25) is 0 Å². The van der Waals surface area contributed by atoms with Crippen LogP contribution in [0.25, 0.3) is 27.8 Å². The summed E-state index contributed by atoms with van der Waals surface area (Å²) in [4.78, 5) is 16.3. The first-order chi connectivity index (χ1) is 14.7. The van der Waals surface area contributed by atoms with Crippen molar-refractivity contribution in [3.63, 3.8) is 0 Å². The number of halogens is 1. The molecular formula is C21H23FN6O2. The van der Waals surface area contributed by atoms with Gasteiger partial charge in [0.15, 0.2) is 11.5 Å². The number of nitrogens with zero attached hydrogens (tertiary/aromatic N) is 4. The topological polar surface area (TPSA) is 100 Å². The molecule has 3 N–H and O–H groups in total. The minimum Gasteiger partial charge on any atom is -0.394 e. The van der Waals surface area contributed by atoms with Crippen molar-refractivity contribution in [1.29, 1.82) is 0 Å². The number of H-pyrrole nitrogens is 1. The van der Waals surface area contributed by atoms with Gasteiger partial charge in [-0.15, -0.1) is 0 Å². The molecule has 0 bridgehead atoms. The molecule has 4 aromatic heterocycles. The summed E-state index contributed by atoms with van der Waals surface area (Å²) in [6.07, 6.45) is 12.8. The number of aliphatic hydroxyl groups is 1. The number of aliphatic hydroxyl groups excluding tert-OH is 1. The van der Waals surface area contributed by atoms with E-state index in [1.54, 1.807) is 23.0 Å². The highest BCUT2D eigenvalue weighted by Crippen LogP contribution is 2.30. The minimum atomic E-state index is -0.371. The van der Waals surface area contributed by atoms with Crippen molar-refractivity contribution in [2.24, 2.45) is 0 Å². The molecule has 0 saturated heterocycles. The third-order valence-corrected chi connectivity index (χ3v) is 5.64. The van der Waals surface area contributed by atoms with E-state index in [0.29, 0.717) is 29.9 Å². The Morgan fingerprint density at radius 1 is 1.27 bits per heavy atom. The summed E-state index contributed by atoms with van der Waals surface area (Å²) in [5.41, 5.74) is 2.58. The van der Waals surface area contributed by atoms with Crippen molar-refractivity contribution in [3.05, 3.63) is 42.9 Å². The van der Waals surface area contributed by atoms with Gasteiger partial charge in [0.05, 0.1) is 19.3 Å². The maximum atomic E-state index is 14.3. The van der Waals surface area contributed by atoms with Crippen LogP contribution in [0.1, 0.15) is 25.7 Å². The quantitative estimate of drug-likeness (QED) is 0.452. The molecule has 0 aliphatic heterocycles. The number of fused-ring (bicyclic) bond motifs is 2. The van der Waals surface area contributed by atoms with E-state index < -0.39 is 0 Å². The van der Waals surface area contributed by atoms with E-state index >= 15 is 0 Å². The minimum absolute atomic E-state index is 0.0625. The first kappa shape index (κ1) is 19.0. The maximum Gasteiger partial charge on any atom is 0.224 e. The fourth-order valence-corrected chi connectivity index (χ4v) is 4.13. The Hall–Kier alpha value is -3.04. The fourth-order valence-electron chi connectivity index (χ4n) is 4.13. The van der Waals surface area contributed by atoms with Gasteiger partial charge in [0.1, 0.15) is 5.65 Å². The lowest BCUT2D eigenvalue weighted by molar-refractivity contribution is 0.00719. The molecule has 0 unspecified atom stereocenters. The predicted octanol–water partition coefficient (Wildman–Crippen LogP) is 3.14. The van der Waals surface area contributed by atoms with Crippen LogP contribution in [0.15, 0.2) is 37.1 Å². The number of rotatable bonds is 6. The van der Waals surface area contributed by atoms with Gasteiger partial charge in [-0.25, -0.2) is 14.4 Å². The number of pyridine rings is 1. The molecule has 0 spiro atoms. The molecule has 0 amide bonds. The van der Waals surface area contributed by atoms with Gasteiger partial charge in [-0.1, -0.05) is 0 Å². The van der Waals surface area contributed by atoms with Crippen LogP contribution in [0.2, 0.25) is 0 Å². The fraction of sp³-hybridized carbons (Fsp3) is 0.381. The van der Waals surface area contributed by atoms with Crippen molar-refractivity contribution in [1.82, 2.24) is 24.3 Å². The van der Waals surface area contributed by atoms with E-state index in [1.807, 2.05) is 12.4 Å². The maximum absolute atomic E-state index is 14.3. The van der Waals surface area contributed by atoms with Gasteiger partial charge >= 0.3 is 0 Å². The average Bonchev–Trinajstić information content (AvgIpc) is 3.40. The third-order valence-electron chi connectivity index (χ3n) is 5.64. The average molecular weight is 410 g/mol. The van der Waals surface area contributed by atoms with Crippen LogP contribution < -0.4 is 5.32 Å². The molecule has 1 saturated carbocycles. The van der Waals surface area contributed by atoms with Gasteiger partial charge in [0, 0.05) is 53.5 Å². The Kier molecular flexibility index (Phi) is 5.06. The summed E-state index contributed by atoms with van der Waals surface area (Å²) in [7, 11) is 0. The molecule has 9 heteroatoms. The first-order valence-corrected chi connectivity index (χ1v) is 10.2. The number of nitrogens with one attached hydrogen (secondary N) is 2. The van der Waals surface area contributed by atoms with Gasteiger partial charge in [0.2, 0.25) is 5.95 Å². The Labute approximate surface area is 172 Å². The van der Waals surface area contributed by atoms with E-state index in [2.05, 4.69) is 25.3 Å². The Morgan fingerprint density at radius 3 is 2.97 bits per heavy atom. The van der Waals surface area contributed by atoms with Crippen LogP contribution in [0, 0.1) is 5.82 Å². The van der Waals surface area contributed by atoms with Crippen molar-refractivity contribution in [2.45, 2.75) is 37.8 Å². The van der Waals surface area contributed by atoms with Gasteiger partial charge < -0.3 is 24.5 Å². The molecule has 30 heavy (non-hydrogen) atoms. The summed E-state index contributed by atoms with van der Waals surface area (Å²) in [5, 5.41) is 13.1.